The number of morpholine rings is 1. The molecule has 1 aliphatic heterocycles. The van der Waals surface area contributed by atoms with Gasteiger partial charge in [-0.25, -0.2) is 0 Å². The van der Waals surface area contributed by atoms with E-state index in [1.165, 1.54) is 5.69 Å². The van der Waals surface area contributed by atoms with Gasteiger partial charge in [0.05, 0.1) is 20.3 Å². The van der Waals surface area contributed by atoms with E-state index in [-0.39, 0.29) is 0 Å². The summed E-state index contributed by atoms with van der Waals surface area (Å²) < 4.78 is 17.9. The zero-order valence-electron chi connectivity index (χ0n) is 18.2. The van der Waals surface area contributed by atoms with Crippen LogP contribution in [0.4, 0.5) is 11.4 Å². The van der Waals surface area contributed by atoms with E-state index in [1.807, 2.05) is 18.2 Å². The third-order valence-corrected chi connectivity index (χ3v) is 6.78. The minimum atomic E-state index is 0.311. The SMILES string of the molecule is COc1cc(CNc2ccc(N3CCOCC3)cc2)c(Br)cc1OCc1ccc(Cl)cc1Cl. The fraction of sp³-hybridized carbons (Fsp3) is 0.280. The molecule has 0 bridgehead atoms. The van der Waals surface area contributed by atoms with Gasteiger partial charge >= 0.3 is 0 Å². The number of rotatable bonds is 8. The van der Waals surface area contributed by atoms with Crippen molar-refractivity contribution in [1.29, 1.82) is 0 Å². The van der Waals surface area contributed by atoms with Crippen molar-refractivity contribution in [2.75, 3.05) is 43.6 Å². The predicted molar refractivity (Wildman–Crippen MR) is 138 cm³/mol. The first-order chi connectivity index (χ1) is 16.0. The molecule has 1 heterocycles. The van der Waals surface area contributed by atoms with Crippen molar-refractivity contribution in [2.45, 2.75) is 13.2 Å². The van der Waals surface area contributed by atoms with Crippen LogP contribution in [0.15, 0.2) is 59.1 Å². The molecule has 174 valence electrons. The Morgan fingerprint density at radius 1 is 0.970 bits per heavy atom. The second-order valence-corrected chi connectivity index (χ2v) is 9.32. The third-order valence-electron chi connectivity index (χ3n) is 5.46. The molecule has 0 unspecified atom stereocenters. The lowest BCUT2D eigenvalue weighted by Crippen LogP contribution is -2.36. The lowest BCUT2D eigenvalue weighted by atomic mass is 10.2. The van der Waals surface area contributed by atoms with Crippen LogP contribution in [0.25, 0.3) is 0 Å². The van der Waals surface area contributed by atoms with Crippen molar-refractivity contribution < 1.29 is 14.2 Å². The molecule has 1 fully saturated rings. The van der Waals surface area contributed by atoms with Crippen molar-refractivity contribution in [3.63, 3.8) is 0 Å². The second-order valence-electron chi connectivity index (χ2n) is 7.62. The van der Waals surface area contributed by atoms with E-state index in [0.29, 0.717) is 34.7 Å². The summed E-state index contributed by atoms with van der Waals surface area (Å²) in [6.07, 6.45) is 0. The van der Waals surface area contributed by atoms with Crippen molar-refractivity contribution >= 4 is 50.5 Å². The zero-order chi connectivity index (χ0) is 23.2. The summed E-state index contributed by atoms with van der Waals surface area (Å²) in [6.45, 7) is 4.37. The fourth-order valence-corrected chi connectivity index (χ4v) is 4.51. The molecule has 1 N–H and O–H groups in total. The molecule has 0 atom stereocenters. The summed E-state index contributed by atoms with van der Waals surface area (Å²) in [5, 5.41) is 4.64. The minimum Gasteiger partial charge on any atom is -0.493 e. The molecule has 0 spiro atoms. The lowest BCUT2D eigenvalue weighted by molar-refractivity contribution is 0.122. The Morgan fingerprint density at radius 3 is 2.42 bits per heavy atom. The van der Waals surface area contributed by atoms with Gasteiger partial charge in [0.15, 0.2) is 11.5 Å². The molecule has 0 amide bonds. The monoisotopic (exact) mass is 550 g/mol. The normalized spacial score (nSPS) is 13.6. The number of methoxy groups -OCH3 is 1. The molecule has 1 aliphatic rings. The van der Waals surface area contributed by atoms with Gasteiger partial charge in [0.25, 0.3) is 0 Å². The number of anilines is 2. The highest BCUT2D eigenvalue weighted by Gasteiger charge is 2.13. The van der Waals surface area contributed by atoms with Crippen LogP contribution in [-0.2, 0) is 17.9 Å². The van der Waals surface area contributed by atoms with E-state index in [2.05, 4.69) is 50.4 Å². The van der Waals surface area contributed by atoms with Crippen molar-refractivity contribution in [1.82, 2.24) is 0 Å². The number of nitrogens with one attached hydrogen (secondary N) is 1. The van der Waals surface area contributed by atoms with Crippen LogP contribution in [0, 0.1) is 0 Å². The van der Waals surface area contributed by atoms with Crippen molar-refractivity contribution in [3.05, 3.63) is 80.2 Å². The van der Waals surface area contributed by atoms with Crippen molar-refractivity contribution in [3.8, 4) is 11.5 Å². The maximum Gasteiger partial charge on any atom is 0.162 e. The van der Waals surface area contributed by atoms with Gasteiger partial charge in [-0.1, -0.05) is 45.2 Å². The quantitative estimate of drug-likeness (QED) is 0.334. The third kappa shape index (κ3) is 6.27. The summed E-state index contributed by atoms with van der Waals surface area (Å²) in [6, 6.07) is 17.7. The van der Waals surface area contributed by atoms with Gasteiger partial charge in [0, 0.05) is 51.1 Å². The number of nitrogens with zero attached hydrogens (tertiary/aromatic N) is 1. The van der Waals surface area contributed by atoms with Crippen LogP contribution in [0.1, 0.15) is 11.1 Å². The van der Waals surface area contributed by atoms with Gasteiger partial charge in [0.2, 0.25) is 0 Å². The smallest absolute Gasteiger partial charge is 0.162 e. The number of ether oxygens (including phenoxy) is 3. The van der Waals surface area contributed by atoms with Crippen LogP contribution in [0.5, 0.6) is 11.5 Å². The van der Waals surface area contributed by atoms with Crippen LogP contribution in [0.2, 0.25) is 10.0 Å². The number of halogens is 3. The van der Waals surface area contributed by atoms with E-state index < -0.39 is 0 Å². The lowest BCUT2D eigenvalue weighted by Gasteiger charge is -2.29. The van der Waals surface area contributed by atoms with Crippen LogP contribution in [-0.4, -0.2) is 33.4 Å². The Balaban J connectivity index is 1.40. The topological polar surface area (TPSA) is 43.0 Å². The Bertz CT molecular complexity index is 1090. The van der Waals surface area contributed by atoms with Crippen LogP contribution in [0.3, 0.4) is 0 Å². The number of hydrogen-bond acceptors (Lipinski definition) is 5. The molecule has 0 radical (unpaired) electrons. The molecule has 0 aliphatic carbocycles. The van der Waals surface area contributed by atoms with Gasteiger partial charge in [-0.05, 0) is 54.1 Å². The summed E-state index contributed by atoms with van der Waals surface area (Å²) in [4.78, 5) is 2.34. The van der Waals surface area contributed by atoms with E-state index in [0.717, 1.165) is 47.6 Å². The Hall–Kier alpha value is -2.12. The number of benzene rings is 3. The molecular weight excluding hydrogens is 527 g/mol. The highest BCUT2D eigenvalue weighted by atomic mass is 79.9. The maximum atomic E-state index is 6.26. The van der Waals surface area contributed by atoms with E-state index in [9.17, 15) is 0 Å². The van der Waals surface area contributed by atoms with Gasteiger partial charge in [0.1, 0.15) is 6.61 Å². The highest BCUT2D eigenvalue weighted by Crippen LogP contribution is 2.35. The van der Waals surface area contributed by atoms with E-state index in [4.69, 9.17) is 37.4 Å². The summed E-state index contributed by atoms with van der Waals surface area (Å²) >= 11 is 15.9. The molecule has 3 aromatic carbocycles. The fourth-order valence-electron chi connectivity index (χ4n) is 3.59. The summed E-state index contributed by atoms with van der Waals surface area (Å²) in [5.41, 5.74) is 4.18. The van der Waals surface area contributed by atoms with Gasteiger partial charge in [-0.3, -0.25) is 0 Å². The first-order valence-corrected chi connectivity index (χ1v) is 12.2. The second kappa shape index (κ2) is 11.3. The molecule has 0 saturated carbocycles. The van der Waals surface area contributed by atoms with E-state index >= 15 is 0 Å². The summed E-state index contributed by atoms with van der Waals surface area (Å²) in [5.74, 6) is 1.29. The molecule has 3 aromatic rings. The van der Waals surface area contributed by atoms with E-state index in [1.54, 1.807) is 19.2 Å². The molecular formula is C25H25BrCl2N2O3. The zero-order valence-corrected chi connectivity index (χ0v) is 21.3. The summed E-state index contributed by atoms with van der Waals surface area (Å²) in [7, 11) is 1.63. The molecule has 5 nitrogen and oxygen atoms in total. The average molecular weight is 552 g/mol. The Kier molecular flexibility index (Phi) is 8.25. The number of hydrogen-bond donors (Lipinski definition) is 1. The van der Waals surface area contributed by atoms with Crippen LogP contribution >= 0.6 is 39.1 Å². The Labute approximate surface area is 212 Å². The first-order valence-electron chi connectivity index (χ1n) is 10.6. The molecule has 33 heavy (non-hydrogen) atoms. The largest absolute Gasteiger partial charge is 0.493 e. The van der Waals surface area contributed by atoms with Crippen LogP contribution < -0.4 is 19.7 Å². The van der Waals surface area contributed by atoms with Crippen molar-refractivity contribution in [2.24, 2.45) is 0 Å². The van der Waals surface area contributed by atoms with Gasteiger partial charge in [-0.2, -0.15) is 0 Å². The molecule has 1 saturated heterocycles. The maximum absolute atomic E-state index is 6.26. The molecule has 8 heteroatoms. The predicted octanol–water partition coefficient (Wildman–Crippen LogP) is 6.79. The average Bonchev–Trinajstić information content (AvgIpc) is 2.84. The van der Waals surface area contributed by atoms with Gasteiger partial charge < -0.3 is 24.4 Å². The first kappa shape index (κ1) is 24.0. The molecule has 4 rings (SSSR count). The Morgan fingerprint density at radius 2 is 1.73 bits per heavy atom. The molecule has 0 aromatic heterocycles. The minimum absolute atomic E-state index is 0.311. The van der Waals surface area contributed by atoms with Gasteiger partial charge in [-0.15, -0.1) is 0 Å². The standard InChI is InChI=1S/C25H25BrCl2N2O3/c1-31-24-12-18(15-29-20-4-6-21(7-5-20)30-8-10-32-11-9-30)22(26)14-25(24)33-16-17-2-3-19(27)13-23(17)28/h2-7,12-14,29H,8-11,15-16H2,1H3. The highest BCUT2D eigenvalue weighted by molar-refractivity contribution is 9.10.